The third-order valence-electron chi connectivity index (χ3n) is 5.44. The van der Waals surface area contributed by atoms with Crippen molar-refractivity contribution < 1.29 is 29.0 Å². The number of nitrogens with zero attached hydrogens (tertiary/aromatic N) is 1. The fourth-order valence-electron chi connectivity index (χ4n) is 4.72. The molecule has 6 atom stereocenters. The molecular weight excluding hydrogens is 420 g/mol. The van der Waals surface area contributed by atoms with Gasteiger partial charge in [0.05, 0.1) is 31.2 Å². The maximum atomic E-state index is 13.2. The second-order valence-electron chi connectivity index (χ2n) is 8.41. The molecule has 8 nitrogen and oxygen atoms in total. The van der Waals surface area contributed by atoms with Crippen LogP contribution >= 0.6 is 15.9 Å². The van der Waals surface area contributed by atoms with Crippen LogP contribution in [0, 0.1) is 11.8 Å². The molecule has 3 aliphatic rings. The molecule has 3 aliphatic heterocycles. The van der Waals surface area contributed by atoms with Gasteiger partial charge in [0.2, 0.25) is 11.8 Å². The van der Waals surface area contributed by atoms with Crippen LogP contribution in [0.25, 0.3) is 0 Å². The van der Waals surface area contributed by atoms with Gasteiger partial charge in [0.15, 0.2) is 0 Å². The van der Waals surface area contributed by atoms with E-state index in [1.165, 1.54) is 4.90 Å². The minimum Gasteiger partial charge on any atom is -0.466 e. The summed E-state index contributed by atoms with van der Waals surface area (Å²) in [6.45, 7) is 7.21. The number of nitrogens with one attached hydrogen (secondary N) is 1. The summed E-state index contributed by atoms with van der Waals surface area (Å²) in [4.78, 5) is 40.1. The number of likely N-dealkylation sites (tertiary alicyclic amines) is 1. The molecule has 0 aromatic carbocycles. The van der Waals surface area contributed by atoms with Gasteiger partial charge >= 0.3 is 5.97 Å². The highest BCUT2D eigenvalue weighted by molar-refractivity contribution is 9.09. The summed E-state index contributed by atoms with van der Waals surface area (Å²) in [6.07, 6.45) is -0.0760. The number of β-amino-alcohol motifs (C(OH)–C–C–N with tert-alkyl or cyclic N) is 1. The maximum absolute atomic E-state index is 13.2. The number of rotatable bonds is 5. The molecule has 0 aliphatic carbocycles. The van der Waals surface area contributed by atoms with Crippen molar-refractivity contribution in [3.63, 3.8) is 0 Å². The molecule has 0 radical (unpaired) electrons. The van der Waals surface area contributed by atoms with E-state index in [2.05, 4.69) is 21.2 Å². The molecule has 0 saturated carbocycles. The van der Waals surface area contributed by atoms with Crippen LogP contribution in [0.15, 0.2) is 0 Å². The monoisotopic (exact) mass is 446 g/mol. The van der Waals surface area contributed by atoms with E-state index in [4.69, 9.17) is 9.47 Å². The largest absolute Gasteiger partial charge is 0.466 e. The Bertz CT molecular complexity index is 650. The molecule has 27 heavy (non-hydrogen) atoms. The van der Waals surface area contributed by atoms with Gasteiger partial charge in [-0.15, -0.1) is 0 Å². The number of aliphatic hydroxyl groups is 1. The van der Waals surface area contributed by atoms with Crippen molar-refractivity contribution in [1.82, 2.24) is 10.2 Å². The molecule has 3 saturated heterocycles. The van der Waals surface area contributed by atoms with Crippen molar-refractivity contribution in [2.75, 3.05) is 19.8 Å². The van der Waals surface area contributed by atoms with Gasteiger partial charge in [-0.3, -0.25) is 14.4 Å². The van der Waals surface area contributed by atoms with Crippen molar-refractivity contribution in [2.24, 2.45) is 11.8 Å². The SMILES string of the molecule is CCOC(=O)[C@H]1[C@@H]2O[C@@]3(CC2Br)[C@@H]1C(=O)N(CCO)[C@@H]3C(=O)NC(C)(C)C. The van der Waals surface area contributed by atoms with Gasteiger partial charge in [-0.25, -0.2) is 0 Å². The number of carbonyl (C=O) groups excluding carboxylic acids is 3. The van der Waals surface area contributed by atoms with Crippen LogP contribution in [0.4, 0.5) is 0 Å². The Morgan fingerprint density at radius 2 is 2.11 bits per heavy atom. The first-order chi connectivity index (χ1) is 12.6. The number of amides is 2. The van der Waals surface area contributed by atoms with Crippen molar-refractivity contribution >= 4 is 33.7 Å². The summed E-state index contributed by atoms with van der Waals surface area (Å²) in [5.74, 6) is -2.69. The van der Waals surface area contributed by atoms with Crippen molar-refractivity contribution in [1.29, 1.82) is 0 Å². The van der Waals surface area contributed by atoms with E-state index in [0.29, 0.717) is 6.42 Å². The predicted octanol–water partition coefficient (Wildman–Crippen LogP) is 0.205. The van der Waals surface area contributed by atoms with Crippen LogP contribution in [0.1, 0.15) is 34.1 Å². The number of aliphatic hydroxyl groups excluding tert-OH is 1. The summed E-state index contributed by atoms with van der Waals surface area (Å²) in [5, 5.41) is 12.4. The third-order valence-corrected chi connectivity index (χ3v) is 6.28. The number of hydrogen-bond donors (Lipinski definition) is 2. The van der Waals surface area contributed by atoms with Crippen LogP contribution in [0.3, 0.4) is 0 Å². The normalized spacial score (nSPS) is 37.5. The number of halogens is 1. The minimum atomic E-state index is -1.10. The average Bonchev–Trinajstić information content (AvgIpc) is 3.11. The van der Waals surface area contributed by atoms with Crippen LogP contribution < -0.4 is 5.32 Å². The maximum Gasteiger partial charge on any atom is 0.312 e. The number of hydrogen-bond acceptors (Lipinski definition) is 6. The molecule has 3 rings (SSSR count). The second-order valence-corrected chi connectivity index (χ2v) is 9.59. The summed E-state index contributed by atoms with van der Waals surface area (Å²) in [6, 6.07) is -0.897. The first kappa shape index (κ1) is 20.5. The van der Waals surface area contributed by atoms with Crippen LogP contribution in [-0.2, 0) is 23.9 Å². The van der Waals surface area contributed by atoms with E-state index in [1.54, 1.807) is 6.92 Å². The van der Waals surface area contributed by atoms with Crippen molar-refractivity contribution in [3.8, 4) is 0 Å². The Hall–Kier alpha value is -1.19. The first-order valence-electron chi connectivity index (χ1n) is 9.29. The summed E-state index contributed by atoms with van der Waals surface area (Å²) < 4.78 is 11.4. The number of fused-ring (bicyclic) bond motifs is 1. The van der Waals surface area contributed by atoms with Crippen molar-refractivity contribution in [2.45, 2.75) is 62.2 Å². The standard InChI is InChI=1S/C18H27BrN2O6/c1-5-26-16(25)10-11-15(24)21(6-7-22)13(14(23)20-17(2,3)4)18(11)8-9(19)12(10)27-18/h9-13,22H,5-8H2,1-4H3,(H,20,23)/t9?,10-,11+,12-,13-,18+/m1/s1. The Balaban J connectivity index is 2.02. The number of esters is 1. The van der Waals surface area contributed by atoms with E-state index in [1.807, 2.05) is 20.8 Å². The molecular formula is C18H27BrN2O6. The minimum absolute atomic E-state index is 0.00976. The molecule has 3 heterocycles. The highest BCUT2D eigenvalue weighted by Gasteiger charge is 2.76. The van der Waals surface area contributed by atoms with Gasteiger partial charge in [-0.1, -0.05) is 15.9 Å². The van der Waals surface area contributed by atoms with Gasteiger partial charge in [0, 0.05) is 16.9 Å². The first-order valence-corrected chi connectivity index (χ1v) is 10.2. The number of ether oxygens (including phenoxy) is 2. The van der Waals surface area contributed by atoms with E-state index < -0.39 is 41.1 Å². The van der Waals surface area contributed by atoms with E-state index in [0.717, 1.165) is 0 Å². The van der Waals surface area contributed by atoms with Crippen molar-refractivity contribution in [3.05, 3.63) is 0 Å². The van der Waals surface area contributed by atoms with Gasteiger partial charge in [0.25, 0.3) is 0 Å². The molecule has 152 valence electrons. The fourth-order valence-corrected chi connectivity index (χ4v) is 5.67. The van der Waals surface area contributed by atoms with E-state index in [-0.39, 0.29) is 36.4 Å². The van der Waals surface area contributed by atoms with Gasteiger partial charge in [0.1, 0.15) is 11.6 Å². The Labute approximate surface area is 167 Å². The van der Waals surface area contributed by atoms with Gasteiger partial charge in [-0.05, 0) is 34.1 Å². The fraction of sp³-hybridized carbons (Fsp3) is 0.833. The zero-order valence-corrected chi connectivity index (χ0v) is 17.6. The topological polar surface area (TPSA) is 105 Å². The molecule has 1 unspecified atom stereocenters. The average molecular weight is 447 g/mol. The smallest absolute Gasteiger partial charge is 0.312 e. The van der Waals surface area contributed by atoms with E-state index >= 15 is 0 Å². The highest BCUT2D eigenvalue weighted by atomic mass is 79.9. The molecule has 2 N–H and O–H groups in total. The third kappa shape index (κ3) is 3.17. The zero-order valence-electron chi connectivity index (χ0n) is 16.0. The Morgan fingerprint density at radius 3 is 2.67 bits per heavy atom. The quantitative estimate of drug-likeness (QED) is 0.461. The Morgan fingerprint density at radius 1 is 1.44 bits per heavy atom. The predicted molar refractivity (Wildman–Crippen MR) is 99.0 cm³/mol. The lowest BCUT2D eigenvalue weighted by Gasteiger charge is -2.35. The Kier molecular flexibility index (Phi) is 5.33. The molecule has 2 amide bonds. The molecule has 0 aromatic heterocycles. The molecule has 0 aromatic rings. The summed E-state index contributed by atoms with van der Waals surface area (Å²) in [5.41, 5.74) is -1.59. The number of carbonyl (C=O) groups is 3. The number of alkyl halides is 1. The lowest BCUT2D eigenvalue weighted by atomic mass is 9.70. The molecule has 2 bridgehead atoms. The van der Waals surface area contributed by atoms with E-state index in [9.17, 15) is 19.5 Å². The van der Waals surface area contributed by atoms with Gasteiger partial charge in [-0.2, -0.15) is 0 Å². The highest BCUT2D eigenvalue weighted by Crippen LogP contribution is 2.60. The molecule has 9 heteroatoms. The zero-order chi connectivity index (χ0) is 20.1. The molecule has 3 fully saturated rings. The van der Waals surface area contributed by atoms with Gasteiger partial charge < -0.3 is 24.8 Å². The molecule has 1 spiro atoms. The second kappa shape index (κ2) is 7.00. The summed E-state index contributed by atoms with van der Waals surface area (Å²) >= 11 is 3.56. The van der Waals surface area contributed by atoms with Crippen LogP contribution in [0.5, 0.6) is 0 Å². The summed E-state index contributed by atoms with van der Waals surface area (Å²) in [7, 11) is 0. The van der Waals surface area contributed by atoms with Crippen LogP contribution in [0.2, 0.25) is 0 Å². The lowest BCUT2D eigenvalue weighted by Crippen LogP contribution is -2.58. The van der Waals surface area contributed by atoms with Crippen LogP contribution in [-0.4, -0.2) is 75.7 Å². The lowest BCUT2D eigenvalue weighted by molar-refractivity contribution is -0.154.